The molecule has 0 unspecified atom stereocenters. The number of benzene rings is 1. The third-order valence-corrected chi connectivity index (χ3v) is 5.29. The topological polar surface area (TPSA) is 92.7 Å². The number of fused-ring (bicyclic) bond motifs is 1. The molecule has 1 atom stereocenters. The highest BCUT2D eigenvalue weighted by atomic mass is 19.1. The Labute approximate surface area is 185 Å². The van der Waals surface area contributed by atoms with E-state index in [-0.39, 0.29) is 11.5 Å². The SMILES string of the molecule is CNC(=O)c1c(F)cnc2c([C@H](C)CNc3cc(-c4cncc(C)c4)ncn3)cccc12. The first-order chi connectivity index (χ1) is 15.5. The molecule has 2 N–H and O–H groups in total. The van der Waals surface area contributed by atoms with E-state index in [4.69, 9.17) is 0 Å². The maximum atomic E-state index is 14.3. The van der Waals surface area contributed by atoms with Gasteiger partial charge in [-0.15, -0.1) is 0 Å². The van der Waals surface area contributed by atoms with Gasteiger partial charge in [-0.25, -0.2) is 14.4 Å². The number of anilines is 1. The van der Waals surface area contributed by atoms with E-state index < -0.39 is 11.7 Å². The summed E-state index contributed by atoms with van der Waals surface area (Å²) in [4.78, 5) is 29.4. The minimum absolute atomic E-state index is 0.00622. The molecule has 4 aromatic rings. The van der Waals surface area contributed by atoms with Crippen molar-refractivity contribution < 1.29 is 9.18 Å². The zero-order valence-electron chi connectivity index (χ0n) is 18.1. The fourth-order valence-electron chi connectivity index (χ4n) is 3.65. The van der Waals surface area contributed by atoms with Gasteiger partial charge in [0.15, 0.2) is 5.82 Å². The standard InChI is InChI=1S/C24H23FN6O/c1-14-7-16(11-27-9-14)20-8-21(31-13-30-20)28-10-15(2)17-5-4-6-18-22(24(32)26-3)19(25)12-29-23(17)18/h4-9,11-13,15H,10H2,1-3H3,(H,26,32)(H,28,30,31)/t15-/m1/s1. The van der Waals surface area contributed by atoms with Gasteiger partial charge >= 0.3 is 0 Å². The van der Waals surface area contributed by atoms with Gasteiger partial charge in [0, 0.05) is 48.9 Å². The maximum absolute atomic E-state index is 14.3. The van der Waals surface area contributed by atoms with Gasteiger partial charge in [-0.3, -0.25) is 14.8 Å². The fourth-order valence-corrected chi connectivity index (χ4v) is 3.65. The summed E-state index contributed by atoms with van der Waals surface area (Å²) in [6.07, 6.45) is 6.18. The lowest BCUT2D eigenvalue weighted by atomic mass is 9.96. The van der Waals surface area contributed by atoms with Gasteiger partial charge in [0.2, 0.25) is 0 Å². The van der Waals surface area contributed by atoms with Crippen LogP contribution in [0.15, 0.2) is 55.2 Å². The molecule has 1 amide bonds. The largest absolute Gasteiger partial charge is 0.369 e. The molecule has 0 spiro atoms. The first-order valence-corrected chi connectivity index (χ1v) is 10.2. The summed E-state index contributed by atoms with van der Waals surface area (Å²) in [7, 11) is 1.48. The van der Waals surface area contributed by atoms with Crippen molar-refractivity contribution in [2.24, 2.45) is 0 Å². The number of pyridine rings is 2. The molecule has 3 heterocycles. The molecule has 3 aromatic heterocycles. The third-order valence-electron chi connectivity index (χ3n) is 5.29. The Hall–Kier alpha value is -3.94. The van der Waals surface area contributed by atoms with E-state index >= 15 is 0 Å². The highest BCUT2D eigenvalue weighted by molar-refractivity contribution is 6.06. The van der Waals surface area contributed by atoms with Crippen LogP contribution in [0.25, 0.3) is 22.2 Å². The van der Waals surface area contributed by atoms with Gasteiger partial charge < -0.3 is 10.6 Å². The Morgan fingerprint density at radius 1 is 1.12 bits per heavy atom. The average Bonchev–Trinajstić information content (AvgIpc) is 2.81. The maximum Gasteiger partial charge on any atom is 0.254 e. The number of para-hydroxylation sites is 1. The van der Waals surface area contributed by atoms with Crippen molar-refractivity contribution in [1.29, 1.82) is 0 Å². The molecular formula is C24H23FN6O. The van der Waals surface area contributed by atoms with E-state index in [0.29, 0.717) is 23.3 Å². The third kappa shape index (κ3) is 4.25. The Morgan fingerprint density at radius 3 is 2.75 bits per heavy atom. The second-order valence-corrected chi connectivity index (χ2v) is 7.63. The number of halogens is 1. The molecule has 7 nitrogen and oxygen atoms in total. The predicted octanol–water partition coefficient (Wildman–Crippen LogP) is 4.11. The van der Waals surface area contributed by atoms with E-state index in [2.05, 4.69) is 30.6 Å². The van der Waals surface area contributed by atoms with Gasteiger partial charge in [0.25, 0.3) is 5.91 Å². The quantitative estimate of drug-likeness (QED) is 0.478. The van der Waals surface area contributed by atoms with Crippen molar-refractivity contribution in [3.63, 3.8) is 0 Å². The highest BCUT2D eigenvalue weighted by Crippen LogP contribution is 2.28. The molecule has 0 radical (unpaired) electrons. The lowest BCUT2D eigenvalue weighted by molar-refractivity contribution is 0.0961. The number of nitrogens with one attached hydrogen (secondary N) is 2. The summed E-state index contributed by atoms with van der Waals surface area (Å²) in [5.41, 5.74) is 4.29. The van der Waals surface area contributed by atoms with Crippen molar-refractivity contribution in [3.8, 4) is 11.3 Å². The van der Waals surface area contributed by atoms with Crippen LogP contribution in [0.1, 0.15) is 34.3 Å². The molecule has 0 saturated carbocycles. The Balaban J connectivity index is 1.58. The second kappa shape index (κ2) is 9.05. The summed E-state index contributed by atoms with van der Waals surface area (Å²) in [6, 6.07) is 9.37. The zero-order valence-corrected chi connectivity index (χ0v) is 18.1. The number of carbonyl (C=O) groups excluding carboxylic acids is 1. The van der Waals surface area contributed by atoms with Gasteiger partial charge in [-0.1, -0.05) is 25.1 Å². The first-order valence-electron chi connectivity index (χ1n) is 10.2. The van der Waals surface area contributed by atoms with Crippen molar-refractivity contribution >= 4 is 22.6 Å². The minimum atomic E-state index is -0.640. The molecule has 0 fully saturated rings. The summed E-state index contributed by atoms with van der Waals surface area (Å²) in [6.45, 7) is 4.59. The number of hydrogen-bond donors (Lipinski definition) is 2. The van der Waals surface area contributed by atoms with Gasteiger partial charge in [-0.2, -0.15) is 0 Å². The second-order valence-electron chi connectivity index (χ2n) is 7.63. The Morgan fingerprint density at radius 2 is 1.97 bits per heavy atom. The summed E-state index contributed by atoms with van der Waals surface area (Å²) in [5.74, 6) is -0.405. The van der Waals surface area contributed by atoms with Crippen LogP contribution in [0.4, 0.5) is 10.2 Å². The molecule has 8 heteroatoms. The highest BCUT2D eigenvalue weighted by Gasteiger charge is 2.19. The van der Waals surface area contributed by atoms with Gasteiger partial charge in [0.1, 0.15) is 12.1 Å². The van der Waals surface area contributed by atoms with Gasteiger partial charge in [0.05, 0.1) is 23.0 Å². The monoisotopic (exact) mass is 430 g/mol. The average molecular weight is 430 g/mol. The summed E-state index contributed by atoms with van der Waals surface area (Å²) >= 11 is 0. The number of carbonyl (C=O) groups is 1. The smallest absolute Gasteiger partial charge is 0.254 e. The molecule has 32 heavy (non-hydrogen) atoms. The normalized spacial score (nSPS) is 11.9. The molecule has 0 aliphatic carbocycles. The van der Waals surface area contributed by atoms with Crippen molar-refractivity contribution in [3.05, 3.63) is 77.8 Å². The van der Waals surface area contributed by atoms with Crippen LogP contribution >= 0.6 is 0 Å². The van der Waals surface area contributed by atoms with Crippen LogP contribution in [0.2, 0.25) is 0 Å². The lowest BCUT2D eigenvalue weighted by Crippen LogP contribution is -2.20. The summed E-state index contributed by atoms with van der Waals surface area (Å²) in [5, 5.41) is 6.32. The molecule has 0 aliphatic rings. The van der Waals surface area contributed by atoms with Crippen LogP contribution in [-0.2, 0) is 0 Å². The molecule has 4 rings (SSSR count). The molecule has 162 valence electrons. The first kappa shape index (κ1) is 21.3. The Kier molecular flexibility index (Phi) is 6.02. The molecule has 0 saturated heterocycles. The minimum Gasteiger partial charge on any atom is -0.369 e. The number of aryl methyl sites for hydroxylation is 1. The number of nitrogens with zero attached hydrogens (tertiary/aromatic N) is 4. The van der Waals surface area contributed by atoms with E-state index in [1.165, 1.54) is 13.4 Å². The van der Waals surface area contributed by atoms with Crippen LogP contribution in [-0.4, -0.2) is 39.4 Å². The van der Waals surface area contributed by atoms with Crippen molar-refractivity contribution in [1.82, 2.24) is 25.3 Å². The zero-order chi connectivity index (χ0) is 22.7. The number of hydrogen-bond acceptors (Lipinski definition) is 6. The molecular weight excluding hydrogens is 407 g/mol. The van der Waals surface area contributed by atoms with E-state index in [1.54, 1.807) is 18.5 Å². The van der Waals surface area contributed by atoms with E-state index in [1.807, 2.05) is 38.1 Å². The summed E-state index contributed by atoms with van der Waals surface area (Å²) < 4.78 is 14.3. The van der Waals surface area contributed by atoms with Crippen LogP contribution in [0.5, 0.6) is 0 Å². The number of aromatic nitrogens is 4. The Bertz CT molecular complexity index is 1290. The predicted molar refractivity (Wildman–Crippen MR) is 122 cm³/mol. The molecule has 1 aromatic carbocycles. The van der Waals surface area contributed by atoms with Crippen LogP contribution in [0.3, 0.4) is 0 Å². The number of rotatable bonds is 6. The molecule has 0 bridgehead atoms. The van der Waals surface area contributed by atoms with Crippen LogP contribution in [0, 0.1) is 12.7 Å². The van der Waals surface area contributed by atoms with Gasteiger partial charge in [-0.05, 0) is 24.1 Å². The van der Waals surface area contributed by atoms with Crippen molar-refractivity contribution in [2.75, 3.05) is 18.9 Å². The number of amides is 1. The van der Waals surface area contributed by atoms with E-state index in [0.717, 1.165) is 28.6 Å². The fraction of sp³-hybridized carbons (Fsp3) is 0.208. The molecule has 0 aliphatic heterocycles. The van der Waals surface area contributed by atoms with E-state index in [9.17, 15) is 9.18 Å². The lowest BCUT2D eigenvalue weighted by Gasteiger charge is -2.17. The van der Waals surface area contributed by atoms with Crippen molar-refractivity contribution in [2.45, 2.75) is 19.8 Å². The van der Waals surface area contributed by atoms with Crippen LogP contribution < -0.4 is 10.6 Å².